The van der Waals surface area contributed by atoms with Gasteiger partial charge in [-0.2, -0.15) is 0 Å². The van der Waals surface area contributed by atoms with Crippen LogP contribution in [-0.2, 0) is 5.75 Å². The van der Waals surface area contributed by atoms with Crippen LogP contribution >= 0.6 is 23.4 Å². The number of thioether (sulfide) groups is 1. The Morgan fingerprint density at radius 3 is 2.53 bits per heavy atom. The van der Waals surface area contributed by atoms with Crippen molar-refractivity contribution in [3.63, 3.8) is 0 Å². The zero-order valence-corrected chi connectivity index (χ0v) is 11.3. The molecule has 1 N–H and O–H groups in total. The molecule has 2 aromatic carbocycles. The molecule has 0 fully saturated rings. The van der Waals surface area contributed by atoms with Gasteiger partial charge in [-0.25, -0.2) is 0 Å². The van der Waals surface area contributed by atoms with Crippen molar-refractivity contribution in [1.82, 2.24) is 0 Å². The van der Waals surface area contributed by atoms with Crippen LogP contribution in [0.2, 0.25) is 5.02 Å². The molecule has 0 aliphatic heterocycles. The highest BCUT2D eigenvalue weighted by atomic mass is 35.5. The second-order valence-electron chi connectivity index (χ2n) is 3.78. The Morgan fingerprint density at radius 1 is 1.21 bits per heavy atom. The van der Waals surface area contributed by atoms with Crippen LogP contribution < -0.4 is 0 Å². The van der Waals surface area contributed by atoms with Crippen molar-refractivity contribution in [2.75, 3.05) is 0 Å². The molecular formula is C13H10ClNO3S. The molecule has 0 aromatic heterocycles. The molecule has 2 aromatic rings. The predicted molar refractivity (Wildman–Crippen MR) is 75.8 cm³/mol. The van der Waals surface area contributed by atoms with Crippen LogP contribution in [0, 0.1) is 10.1 Å². The molecule has 2 rings (SSSR count). The lowest BCUT2D eigenvalue weighted by Crippen LogP contribution is -1.94. The molecule has 0 bridgehead atoms. The van der Waals surface area contributed by atoms with Gasteiger partial charge in [0, 0.05) is 16.7 Å². The van der Waals surface area contributed by atoms with Crippen molar-refractivity contribution in [3.05, 3.63) is 63.2 Å². The zero-order valence-electron chi connectivity index (χ0n) is 9.75. The van der Waals surface area contributed by atoms with Crippen LogP contribution in [-0.4, -0.2) is 10.0 Å². The first-order valence-corrected chi connectivity index (χ1v) is 6.78. The van der Waals surface area contributed by atoms with Gasteiger partial charge in [0.25, 0.3) is 5.69 Å². The second-order valence-corrected chi connectivity index (χ2v) is 5.23. The maximum atomic E-state index is 10.9. The first kappa shape index (κ1) is 13.7. The number of phenolic OH excluding ortho intramolecular Hbond substituents is 1. The average Bonchev–Trinajstić information content (AvgIpc) is 2.39. The number of hydrogen-bond acceptors (Lipinski definition) is 4. The number of nitro benzene ring substituents is 1. The number of rotatable bonds is 4. The van der Waals surface area contributed by atoms with E-state index in [0.29, 0.717) is 16.3 Å². The average molecular weight is 296 g/mol. The number of aromatic hydroxyl groups is 1. The molecular weight excluding hydrogens is 286 g/mol. The minimum Gasteiger partial charge on any atom is -0.508 e. The lowest BCUT2D eigenvalue weighted by Gasteiger charge is -2.05. The summed E-state index contributed by atoms with van der Waals surface area (Å²) in [4.78, 5) is 11.4. The van der Waals surface area contributed by atoms with Crippen LogP contribution in [0.15, 0.2) is 47.4 Å². The van der Waals surface area contributed by atoms with Crippen molar-refractivity contribution in [3.8, 4) is 5.75 Å². The van der Waals surface area contributed by atoms with E-state index >= 15 is 0 Å². The monoisotopic (exact) mass is 295 g/mol. The van der Waals surface area contributed by atoms with Gasteiger partial charge in [0.2, 0.25) is 0 Å². The van der Waals surface area contributed by atoms with Gasteiger partial charge in [0.05, 0.1) is 15.5 Å². The summed E-state index contributed by atoms with van der Waals surface area (Å²) in [5, 5.41) is 20.5. The molecule has 0 aliphatic carbocycles. The third-order valence-corrected chi connectivity index (χ3v) is 3.90. The van der Waals surface area contributed by atoms with Gasteiger partial charge in [0.15, 0.2) is 0 Å². The van der Waals surface area contributed by atoms with Gasteiger partial charge in [-0.3, -0.25) is 10.1 Å². The van der Waals surface area contributed by atoms with Crippen LogP contribution in [0.4, 0.5) is 5.69 Å². The number of hydrogen-bond donors (Lipinski definition) is 1. The molecule has 0 saturated carbocycles. The highest BCUT2D eigenvalue weighted by molar-refractivity contribution is 7.98. The van der Waals surface area contributed by atoms with Crippen molar-refractivity contribution in [1.29, 1.82) is 0 Å². The van der Waals surface area contributed by atoms with E-state index in [2.05, 4.69) is 0 Å². The molecule has 0 aliphatic rings. The topological polar surface area (TPSA) is 63.4 Å². The van der Waals surface area contributed by atoms with E-state index < -0.39 is 4.92 Å². The maximum absolute atomic E-state index is 10.9. The summed E-state index contributed by atoms with van der Waals surface area (Å²) in [7, 11) is 0. The fraction of sp³-hybridized carbons (Fsp3) is 0.0769. The van der Waals surface area contributed by atoms with Gasteiger partial charge in [-0.1, -0.05) is 17.7 Å². The Morgan fingerprint density at radius 2 is 1.89 bits per heavy atom. The van der Waals surface area contributed by atoms with Crippen molar-refractivity contribution in [2.24, 2.45) is 0 Å². The summed E-state index contributed by atoms with van der Waals surface area (Å²) >= 11 is 7.44. The Kier molecular flexibility index (Phi) is 4.29. The van der Waals surface area contributed by atoms with Gasteiger partial charge in [-0.15, -0.1) is 11.8 Å². The largest absolute Gasteiger partial charge is 0.508 e. The normalized spacial score (nSPS) is 10.4. The van der Waals surface area contributed by atoms with E-state index in [-0.39, 0.29) is 11.4 Å². The summed E-state index contributed by atoms with van der Waals surface area (Å²) in [6, 6.07) is 11.3. The minimum absolute atomic E-state index is 0.0266. The quantitative estimate of drug-likeness (QED) is 0.520. The van der Waals surface area contributed by atoms with Crippen LogP contribution in [0.3, 0.4) is 0 Å². The van der Waals surface area contributed by atoms with Crippen LogP contribution in [0.25, 0.3) is 0 Å². The highest BCUT2D eigenvalue weighted by Crippen LogP contribution is 2.33. The lowest BCUT2D eigenvalue weighted by molar-refractivity contribution is -0.385. The zero-order chi connectivity index (χ0) is 13.8. The predicted octanol–water partition coefficient (Wildman–Crippen LogP) is 4.25. The molecule has 0 heterocycles. The van der Waals surface area contributed by atoms with E-state index in [9.17, 15) is 15.2 Å². The van der Waals surface area contributed by atoms with Crippen LogP contribution in [0.1, 0.15) is 5.56 Å². The number of benzene rings is 2. The number of nitro groups is 1. The van der Waals surface area contributed by atoms with E-state index in [1.54, 1.807) is 36.4 Å². The summed E-state index contributed by atoms with van der Waals surface area (Å²) in [6.07, 6.45) is 0. The van der Waals surface area contributed by atoms with Crippen LogP contribution in [0.5, 0.6) is 5.75 Å². The van der Waals surface area contributed by atoms with Crippen molar-refractivity contribution >= 4 is 29.1 Å². The van der Waals surface area contributed by atoms with Gasteiger partial charge in [-0.05, 0) is 30.3 Å². The lowest BCUT2D eigenvalue weighted by atomic mass is 10.2. The molecule has 0 radical (unpaired) electrons. The van der Waals surface area contributed by atoms with Gasteiger partial charge < -0.3 is 5.11 Å². The minimum atomic E-state index is -0.432. The third kappa shape index (κ3) is 3.39. The molecule has 0 spiro atoms. The smallest absolute Gasteiger partial charge is 0.274 e. The summed E-state index contributed by atoms with van der Waals surface area (Å²) < 4.78 is 0. The molecule has 0 unspecified atom stereocenters. The number of halogens is 1. The Hall–Kier alpha value is -1.72. The standard InChI is InChI=1S/C13H10ClNO3S/c14-12-2-1-3-13(15(17)18)11(12)8-19-10-6-4-9(16)5-7-10/h1-7,16H,8H2. The number of nitrogens with zero attached hydrogens (tertiary/aromatic N) is 1. The van der Waals surface area contributed by atoms with Gasteiger partial charge in [0.1, 0.15) is 5.75 Å². The van der Waals surface area contributed by atoms with E-state index in [4.69, 9.17) is 11.6 Å². The summed E-state index contributed by atoms with van der Waals surface area (Å²) in [6.45, 7) is 0. The molecule has 19 heavy (non-hydrogen) atoms. The molecule has 6 heteroatoms. The fourth-order valence-electron chi connectivity index (χ4n) is 1.56. The first-order valence-electron chi connectivity index (χ1n) is 5.41. The van der Waals surface area contributed by atoms with E-state index in [0.717, 1.165) is 4.90 Å². The Bertz CT molecular complexity index is 601. The van der Waals surface area contributed by atoms with Crippen molar-refractivity contribution < 1.29 is 10.0 Å². The number of phenols is 1. The Labute approximate surface area is 119 Å². The first-order chi connectivity index (χ1) is 9.08. The highest BCUT2D eigenvalue weighted by Gasteiger charge is 2.16. The van der Waals surface area contributed by atoms with E-state index in [1.165, 1.54) is 17.8 Å². The second kappa shape index (κ2) is 5.95. The molecule has 4 nitrogen and oxygen atoms in total. The van der Waals surface area contributed by atoms with Crippen molar-refractivity contribution in [2.45, 2.75) is 10.6 Å². The SMILES string of the molecule is O=[N+]([O-])c1cccc(Cl)c1CSc1ccc(O)cc1. The fourth-order valence-corrected chi connectivity index (χ4v) is 2.82. The molecule has 0 amide bonds. The third-order valence-electron chi connectivity index (χ3n) is 2.51. The molecule has 98 valence electrons. The van der Waals surface area contributed by atoms with Gasteiger partial charge >= 0.3 is 0 Å². The maximum Gasteiger partial charge on any atom is 0.274 e. The van der Waals surface area contributed by atoms with E-state index in [1.807, 2.05) is 0 Å². The summed E-state index contributed by atoms with van der Waals surface area (Å²) in [5.74, 6) is 0.592. The summed E-state index contributed by atoms with van der Waals surface area (Å²) in [5.41, 5.74) is 0.533. The molecule has 0 atom stereocenters. The molecule has 0 saturated heterocycles. The Balaban J connectivity index is 2.19.